The predicted molar refractivity (Wildman–Crippen MR) is 69.9 cm³/mol. The standard InChI is InChI=1S/C14H14O2S/c1-2-12-7-8-13(17-12)10-16-14-6-4-3-5-11(14)9-15/h3-9H,2,10H2,1H3. The highest BCUT2D eigenvalue weighted by Gasteiger charge is 2.03. The van der Waals surface area contributed by atoms with E-state index in [0.29, 0.717) is 17.9 Å². The van der Waals surface area contributed by atoms with Crippen LogP contribution in [0.25, 0.3) is 0 Å². The van der Waals surface area contributed by atoms with Crippen LogP contribution < -0.4 is 4.74 Å². The van der Waals surface area contributed by atoms with Crippen molar-refractivity contribution in [2.75, 3.05) is 0 Å². The molecule has 0 spiro atoms. The maximum atomic E-state index is 10.8. The van der Waals surface area contributed by atoms with Gasteiger partial charge in [-0.1, -0.05) is 19.1 Å². The fourth-order valence-corrected chi connectivity index (χ4v) is 2.42. The normalized spacial score (nSPS) is 10.2. The van der Waals surface area contributed by atoms with Crippen LogP contribution in [0.15, 0.2) is 36.4 Å². The summed E-state index contributed by atoms with van der Waals surface area (Å²) in [5.74, 6) is 0.647. The number of aryl methyl sites for hydroxylation is 1. The first-order valence-corrected chi connectivity index (χ1v) is 6.39. The Morgan fingerprint density at radius 2 is 1.94 bits per heavy atom. The van der Waals surface area contributed by atoms with Gasteiger partial charge in [0.15, 0.2) is 6.29 Å². The second kappa shape index (κ2) is 5.64. The molecule has 0 saturated heterocycles. The van der Waals surface area contributed by atoms with E-state index in [9.17, 15) is 4.79 Å². The van der Waals surface area contributed by atoms with Crippen LogP contribution in [0.2, 0.25) is 0 Å². The molecule has 0 amide bonds. The molecular formula is C14H14O2S. The fraction of sp³-hybridized carbons (Fsp3) is 0.214. The molecule has 1 aromatic carbocycles. The van der Waals surface area contributed by atoms with Crippen LogP contribution in [0.5, 0.6) is 5.75 Å². The van der Waals surface area contributed by atoms with Crippen molar-refractivity contribution in [2.45, 2.75) is 20.0 Å². The molecule has 1 heterocycles. The topological polar surface area (TPSA) is 26.3 Å². The van der Waals surface area contributed by atoms with Crippen molar-refractivity contribution in [3.8, 4) is 5.75 Å². The van der Waals surface area contributed by atoms with E-state index in [-0.39, 0.29) is 0 Å². The van der Waals surface area contributed by atoms with Gasteiger partial charge in [0.25, 0.3) is 0 Å². The molecule has 0 N–H and O–H groups in total. The minimum atomic E-state index is 0.523. The molecule has 0 unspecified atom stereocenters. The van der Waals surface area contributed by atoms with Gasteiger partial charge in [0.05, 0.1) is 5.56 Å². The molecule has 0 aliphatic carbocycles. The molecule has 0 fully saturated rings. The predicted octanol–water partition coefficient (Wildman–Crippen LogP) is 3.70. The summed E-state index contributed by atoms with van der Waals surface area (Å²) in [6.07, 6.45) is 1.87. The molecule has 0 bridgehead atoms. The number of ether oxygens (including phenoxy) is 1. The molecule has 0 atom stereocenters. The first-order valence-electron chi connectivity index (χ1n) is 5.58. The van der Waals surface area contributed by atoms with Gasteiger partial charge in [-0.25, -0.2) is 0 Å². The molecule has 0 aliphatic rings. The van der Waals surface area contributed by atoms with E-state index in [0.717, 1.165) is 12.7 Å². The van der Waals surface area contributed by atoms with Crippen molar-refractivity contribution in [1.29, 1.82) is 0 Å². The number of para-hydroxylation sites is 1. The number of carbonyl (C=O) groups is 1. The Balaban J connectivity index is 2.04. The molecule has 2 rings (SSSR count). The molecule has 0 saturated carbocycles. The zero-order chi connectivity index (χ0) is 12.1. The summed E-state index contributed by atoms with van der Waals surface area (Å²) in [7, 11) is 0. The number of aldehydes is 1. The summed E-state index contributed by atoms with van der Waals surface area (Å²) in [5.41, 5.74) is 0.597. The fourth-order valence-electron chi connectivity index (χ4n) is 1.55. The van der Waals surface area contributed by atoms with Crippen LogP contribution in [0, 0.1) is 0 Å². The third kappa shape index (κ3) is 2.94. The van der Waals surface area contributed by atoms with Crippen LogP contribution in [0.3, 0.4) is 0 Å². The van der Waals surface area contributed by atoms with Gasteiger partial charge >= 0.3 is 0 Å². The van der Waals surface area contributed by atoms with Gasteiger partial charge in [0, 0.05) is 9.75 Å². The summed E-state index contributed by atoms with van der Waals surface area (Å²) in [6, 6.07) is 11.5. The molecule has 3 heteroatoms. The van der Waals surface area contributed by atoms with Crippen LogP contribution in [0.1, 0.15) is 27.0 Å². The Morgan fingerprint density at radius 3 is 2.65 bits per heavy atom. The SMILES string of the molecule is CCc1ccc(COc2ccccc2C=O)s1. The summed E-state index contributed by atoms with van der Waals surface area (Å²) in [6.45, 7) is 2.66. The molecule has 2 aromatic rings. The average Bonchev–Trinajstić information content (AvgIpc) is 2.84. The molecule has 1 aromatic heterocycles. The van der Waals surface area contributed by atoms with E-state index in [1.165, 1.54) is 9.75 Å². The van der Waals surface area contributed by atoms with Crippen molar-refractivity contribution in [3.63, 3.8) is 0 Å². The highest BCUT2D eigenvalue weighted by Crippen LogP contribution is 2.21. The molecule has 2 nitrogen and oxygen atoms in total. The lowest BCUT2D eigenvalue weighted by Gasteiger charge is -2.06. The minimum Gasteiger partial charge on any atom is -0.487 e. The Kier molecular flexibility index (Phi) is 3.94. The summed E-state index contributed by atoms with van der Waals surface area (Å²) in [4.78, 5) is 13.3. The van der Waals surface area contributed by atoms with Crippen molar-refractivity contribution in [1.82, 2.24) is 0 Å². The van der Waals surface area contributed by atoms with Crippen molar-refractivity contribution < 1.29 is 9.53 Å². The Bertz CT molecular complexity index is 502. The van der Waals surface area contributed by atoms with Crippen molar-refractivity contribution >= 4 is 17.6 Å². The number of benzene rings is 1. The largest absolute Gasteiger partial charge is 0.487 e. The smallest absolute Gasteiger partial charge is 0.153 e. The number of hydrogen-bond donors (Lipinski definition) is 0. The van der Waals surface area contributed by atoms with Crippen LogP contribution >= 0.6 is 11.3 Å². The van der Waals surface area contributed by atoms with Gasteiger partial charge in [-0.15, -0.1) is 11.3 Å². The van der Waals surface area contributed by atoms with Gasteiger partial charge in [0.2, 0.25) is 0 Å². The van der Waals surface area contributed by atoms with Gasteiger partial charge in [-0.2, -0.15) is 0 Å². The van der Waals surface area contributed by atoms with Gasteiger partial charge in [-0.3, -0.25) is 4.79 Å². The quantitative estimate of drug-likeness (QED) is 0.752. The van der Waals surface area contributed by atoms with E-state index >= 15 is 0 Å². The first-order chi connectivity index (χ1) is 8.33. The van der Waals surface area contributed by atoms with Crippen LogP contribution in [-0.4, -0.2) is 6.29 Å². The molecule has 0 aliphatic heterocycles. The van der Waals surface area contributed by atoms with Crippen LogP contribution in [-0.2, 0) is 13.0 Å². The third-order valence-electron chi connectivity index (χ3n) is 2.48. The highest BCUT2D eigenvalue weighted by molar-refractivity contribution is 7.11. The van der Waals surface area contributed by atoms with Gasteiger partial charge in [-0.05, 0) is 30.7 Å². The Morgan fingerprint density at radius 1 is 1.18 bits per heavy atom. The maximum Gasteiger partial charge on any atom is 0.153 e. The van der Waals surface area contributed by atoms with E-state index < -0.39 is 0 Å². The van der Waals surface area contributed by atoms with Gasteiger partial charge in [0.1, 0.15) is 12.4 Å². The molecular weight excluding hydrogens is 232 g/mol. The highest BCUT2D eigenvalue weighted by atomic mass is 32.1. The first kappa shape index (κ1) is 11.9. The third-order valence-corrected chi connectivity index (χ3v) is 3.68. The van der Waals surface area contributed by atoms with Crippen molar-refractivity contribution in [2.24, 2.45) is 0 Å². The average molecular weight is 246 g/mol. The zero-order valence-corrected chi connectivity index (χ0v) is 10.5. The molecule has 88 valence electrons. The lowest BCUT2D eigenvalue weighted by atomic mass is 10.2. The van der Waals surface area contributed by atoms with E-state index in [1.54, 1.807) is 17.4 Å². The lowest BCUT2D eigenvalue weighted by Crippen LogP contribution is -1.96. The zero-order valence-electron chi connectivity index (χ0n) is 9.68. The number of hydrogen-bond acceptors (Lipinski definition) is 3. The molecule has 17 heavy (non-hydrogen) atoms. The van der Waals surface area contributed by atoms with E-state index in [4.69, 9.17) is 4.74 Å². The number of thiophene rings is 1. The summed E-state index contributed by atoms with van der Waals surface area (Å²) < 4.78 is 5.65. The summed E-state index contributed by atoms with van der Waals surface area (Å²) in [5, 5.41) is 0. The van der Waals surface area contributed by atoms with Crippen LogP contribution in [0.4, 0.5) is 0 Å². The summed E-state index contributed by atoms with van der Waals surface area (Å²) >= 11 is 1.75. The van der Waals surface area contributed by atoms with E-state index in [1.807, 2.05) is 18.2 Å². The van der Waals surface area contributed by atoms with Crippen molar-refractivity contribution in [3.05, 3.63) is 51.7 Å². The van der Waals surface area contributed by atoms with E-state index in [2.05, 4.69) is 19.1 Å². The maximum absolute atomic E-state index is 10.8. The lowest BCUT2D eigenvalue weighted by molar-refractivity contribution is 0.111. The second-order valence-electron chi connectivity index (χ2n) is 3.67. The Hall–Kier alpha value is -1.61. The second-order valence-corrected chi connectivity index (χ2v) is 4.92. The molecule has 0 radical (unpaired) electrons. The number of carbonyl (C=O) groups excluding carboxylic acids is 1. The number of rotatable bonds is 5. The monoisotopic (exact) mass is 246 g/mol. The van der Waals surface area contributed by atoms with Gasteiger partial charge < -0.3 is 4.74 Å². The Labute approximate surface area is 105 Å². The minimum absolute atomic E-state index is 0.523.